The molecule has 122 valence electrons. The molecule has 1 fully saturated rings. The molecule has 2 unspecified atom stereocenters. The Morgan fingerprint density at radius 3 is 2.33 bits per heavy atom. The van der Waals surface area contributed by atoms with Gasteiger partial charge in [-0.25, -0.2) is 0 Å². The van der Waals surface area contributed by atoms with E-state index in [0.29, 0.717) is 0 Å². The molecule has 0 bridgehead atoms. The number of hydrogen-bond acceptors (Lipinski definition) is 4. The van der Waals surface area contributed by atoms with E-state index in [9.17, 15) is 9.59 Å². The minimum Gasteiger partial charge on any atom is -0.378 e. The Balaban J connectivity index is 2.41. The van der Waals surface area contributed by atoms with Crippen LogP contribution in [-0.2, 0) is 14.3 Å². The largest absolute Gasteiger partial charge is 0.378 e. The van der Waals surface area contributed by atoms with Gasteiger partial charge in [0.2, 0.25) is 11.8 Å². The van der Waals surface area contributed by atoms with E-state index in [1.54, 1.807) is 7.11 Å². The highest BCUT2D eigenvalue weighted by atomic mass is 16.5. The van der Waals surface area contributed by atoms with E-state index in [2.05, 4.69) is 24.5 Å². The fourth-order valence-electron chi connectivity index (χ4n) is 2.56. The maximum Gasteiger partial charge on any atom is 0.239 e. The van der Waals surface area contributed by atoms with Gasteiger partial charge in [-0.05, 0) is 19.3 Å². The standard InChI is InChI=1S/C15H29N3O3/c1-9(2)12(16)13(20)17-8-11(19)18-10-7-15(5,21-6)14(10,3)4/h9-10,12H,7-8,16H2,1-6H3,(H,17,20)(H,18,19)/t10?,12-,15?/m0/s1. The molecule has 0 spiro atoms. The number of ether oxygens (including phenoxy) is 1. The van der Waals surface area contributed by atoms with E-state index in [1.165, 1.54) is 0 Å². The average Bonchev–Trinajstić information content (AvgIpc) is 2.42. The van der Waals surface area contributed by atoms with Crippen LogP contribution in [0.15, 0.2) is 0 Å². The van der Waals surface area contributed by atoms with Crippen molar-refractivity contribution in [3.05, 3.63) is 0 Å². The lowest BCUT2D eigenvalue weighted by atomic mass is 9.56. The van der Waals surface area contributed by atoms with Gasteiger partial charge in [0.05, 0.1) is 18.2 Å². The molecule has 6 heteroatoms. The molecular weight excluding hydrogens is 270 g/mol. The van der Waals surface area contributed by atoms with Gasteiger partial charge in [0.15, 0.2) is 0 Å². The monoisotopic (exact) mass is 299 g/mol. The Morgan fingerprint density at radius 1 is 1.33 bits per heavy atom. The summed E-state index contributed by atoms with van der Waals surface area (Å²) in [7, 11) is 1.69. The minimum absolute atomic E-state index is 0.0426. The van der Waals surface area contributed by atoms with Gasteiger partial charge in [0.1, 0.15) is 0 Å². The first-order chi connectivity index (χ1) is 9.55. The van der Waals surface area contributed by atoms with E-state index in [1.807, 2.05) is 20.8 Å². The number of nitrogens with one attached hydrogen (secondary N) is 2. The Morgan fingerprint density at radius 2 is 1.90 bits per heavy atom. The molecule has 2 amide bonds. The lowest BCUT2D eigenvalue weighted by Gasteiger charge is -2.59. The molecule has 0 heterocycles. The van der Waals surface area contributed by atoms with Crippen molar-refractivity contribution in [1.82, 2.24) is 10.6 Å². The fraction of sp³-hybridized carbons (Fsp3) is 0.867. The van der Waals surface area contributed by atoms with Gasteiger partial charge in [0.25, 0.3) is 0 Å². The molecule has 1 aliphatic rings. The normalized spacial score (nSPS) is 28.7. The first-order valence-electron chi connectivity index (χ1n) is 7.43. The second-order valence-electron chi connectivity index (χ2n) is 6.97. The van der Waals surface area contributed by atoms with Crippen molar-refractivity contribution in [2.75, 3.05) is 13.7 Å². The summed E-state index contributed by atoms with van der Waals surface area (Å²) in [6.45, 7) is 9.87. The summed E-state index contributed by atoms with van der Waals surface area (Å²) in [5, 5.41) is 5.52. The zero-order valence-electron chi connectivity index (χ0n) is 13.9. The number of carbonyl (C=O) groups excluding carboxylic acids is 2. The minimum atomic E-state index is -0.588. The van der Waals surface area contributed by atoms with Crippen LogP contribution in [-0.4, -0.2) is 43.2 Å². The number of carbonyl (C=O) groups is 2. The van der Waals surface area contributed by atoms with Crippen LogP contribution < -0.4 is 16.4 Å². The maximum absolute atomic E-state index is 11.9. The molecule has 0 radical (unpaired) electrons. The van der Waals surface area contributed by atoms with Gasteiger partial charge in [-0.2, -0.15) is 0 Å². The third-order valence-electron chi connectivity index (χ3n) is 5.06. The van der Waals surface area contributed by atoms with Gasteiger partial charge in [-0.3, -0.25) is 9.59 Å². The summed E-state index contributed by atoms with van der Waals surface area (Å²) in [6, 6.07) is -0.541. The molecule has 0 aromatic heterocycles. The molecular formula is C15H29N3O3. The van der Waals surface area contributed by atoms with Crippen molar-refractivity contribution in [2.45, 2.75) is 58.7 Å². The third kappa shape index (κ3) is 3.55. The van der Waals surface area contributed by atoms with Crippen molar-refractivity contribution in [3.63, 3.8) is 0 Å². The van der Waals surface area contributed by atoms with Crippen LogP contribution in [0.2, 0.25) is 0 Å². The van der Waals surface area contributed by atoms with Crippen LogP contribution in [0.4, 0.5) is 0 Å². The Hall–Kier alpha value is -1.14. The van der Waals surface area contributed by atoms with E-state index in [0.717, 1.165) is 6.42 Å². The molecule has 0 aromatic carbocycles. The molecule has 1 saturated carbocycles. The number of amides is 2. The van der Waals surface area contributed by atoms with Crippen molar-refractivity contribution >= 4 is 11.8 Å². The number of methoxy groups -OCH3 is 1. The second-order valence-corrected chi connectivity index (χ2v) is 6.97. The van der Waals surface area contributed by atoms with Crippen LogP contribution in [0, 0.1) is 11.3 Å². The van der Waals surface area contributed by atoms with E-state index in [-0.39, 0.29) is 41.3 Å². The summed E-state index contributed by atoms with van der Waals surface area (Å²) >= 11 is 0. The van der Waals surface area contributed by atoms with Gasteiger partial charge in [0, 0.05) is 18.6 Å². The molecule has 4 N–H and O–H groups in total. The van der Waals surface area contributed by atoms with Crippen molar-refractivity contribution in [1.29, 1.82) is 0 Å². The zero-order valence-corrected chi connectivity index (χ0v) is 13.9. The van der Waals surface area contributed by atoms with E-state index in [4.69, 9.17) is 10.5 Å². The molecule has 0 aromatic rings. The highest BCUT2D eigenvalue weighted by molar-refractivity contribution is 5.87. The third-order valence-corrected chi connectivity index (χ3v) is 5.06. The number of hydrogen-bond donors (Lipinski definition) is 3. The molecule has 0 aliphatic heterocycles. The maximum atomic E-state index is 11.9. The van der Waals surface area contributed by atoms with E-state index >= 15 is 0 Å². The van der Waals surface area contributed by atoms with Crippen molar-refractivity contribution in [2.24, 2.45) is 17.1 Å². The van der Waals surface area contributed by atoms with Crippen LogP contribution >= 0.6 is 0 Å². The highest BCUT2D eigenvalue weighted by Crippen LogP contribution is 2.51. The lowest BCUT2D eigenvalue weighted by molar-refractivity contribution is -0.182. The summed E-state index contributed by atoms with van der Waals surface area (Å²) in [4.78, 5) is 23.6. The van der Waals surface area contributed by atoms with Gasteiger partial charge < -0.3 is 21.1 Å². The Bertz CT molecular complexity index is 409. The van der Waals surface area contributed by atoms with Crippen LogP contribution in [0.25, 0.3) is 0 Å². The topological polar surface area (TPSA) is 93.5 Å². The molecule has 0 saturated heterocycles. The molecule has 1 rings (SSSR count). The second kappa shape index (κ2) is 6.32. The van der Waals surface area contributed by atoms with Crippen LogP contribution in [0.1, 0.15) is 41.0 Å². The predicted molar refractivity (Wildman–Crippen MR) is 81.6 cm³/mol. The van der Waals surface area contributed by atoms with Gasteiger partial charge in [-0.15, -0.1) is 0 Å². The average molecular weight is 299 g/mol. The fourth-order valence-corrected chi connectivity index (χ4v) is 2.56. The SMILES string of the molecule is COC1(C)CC(NC(=O)CNC(=O)[C@@H](N)C(C)C)C1(C)C. The lowest BCUT2D eigenvalue weighted by Crippen LogP contribution is -2.69. The number of nitrogens with two attached hydrogens (primary N) is 1. The summed E-state index contributed by atoms with van der Waals surface area (Å²) in [5.41, 5.74) is 5.35. The smallest absolute Gasteiger partial charge is 0.239 e. The Labute approximate surface area is 127 Å². The summed E-state index contributed by atoms with van der Waals surface area (Å²) in [6.07, 6.45) is 0.766. The van der Waals surface area contributed by atoms with Gasteiger partial charge in [-0.1, -0.05) is 27.7 Å². The quantitative estimate of drug-likeness (QED) is 0.662. The molecule has 21 heavy (non-hydrogen) atoms. The van der Waals surface area contributed by atoms with Crippen molar-refractivity contribution in [3.8, 4) is 0 Å². The zero-order chi connectivity index (χ0) is 16.4. The predicted octanol–water partition coefficient (Wildman–Crippen LogP) is 0.406. The first-order valence-corrected chi connectivity index (χ1v) is 7.43. The molecule has 6 nitrogen and oxygen atoms in total. The van der Waals surface area contributed by atoms with Crippen LogP contribution in [0.3, 0.4) is 0 Å². The molecule has 1 aliphatic carbocycles. The molecule has 3 atom stereocenters. The van der Waals surface area contributed by atoms with Gasteiger partial charge >= 0.3 is 0 Å². The summed E-state index contributed by atoms with van der Waals surface area (Å²) < 4.78 is 5.52. The van der Waals surface area contributed by atoms with Crippen LogP contribution in [0.5, 0.6) is 0 Å². The van der Waals surface area contributed by atoms with Crippen molar-refractivity contribution < 1.29 is 14.3 Å². The Kier molecular flexibility index (Phi) is 5.39. The number of rotatable bonds is 6. The first kappa shape index (κ1) is 17.9. The summed E-state index contributed by atoms with van der Waals surface area (Å²) in [5.74, 6) is -0.452. The highest BCUT2D eigenvalue weighted by Gasteiger charge is 2.58. The van der Waals surface area contributed by atoms with E-state index < -0.39 is 6.04 Å².